The Hall–Kier alpha value is -2.75. The molecule has 2 aromatic carbocycles. The summed E-state index contributed by atoms with van der Waals surface area (Å²) >= 11 is 0. The maximum Gasteiger partial charge on any atom is 0.254 e. The minimum absolute atomic E-state index is 0.00544. The van der Waals surface area contributed by atoms with Crippen LogP contribution in [0.25, 0.3) is 0 Å². The Kier molecular flexibility index (Phi) is 9.73. The van der Waals surface area contributed by atoms with Crippen LogP contribution in [0.1, 0.15) is 51.9 Å². The number of hydrogen-bond donors (Lipinski definition) is 0. The summed E-state index contributed by atoms with van der Waals surface area (Å²) in [6.45, 7) is 7.43. The molecule has 0 spiro atoms. The lowest BCUT2D eigenvalue weighted by molar-refractivity contribution is -0.118. The van der Waals surface area contributed by atoms with Crippen LogP contribution in [-0.4, -0.2) is 88.1 Å². The molecule has 2 aromatic rings. The van der Waals surface area contributed by atoms with Gasteiger partial charge in [-0.05, 0) is 94.2 Å². The molecule has 0 aromatic heterocycles. The molecule has 1 heterocycles. The Morgan fingerprint density at radius 3 is 2.16 bits per heavy atom. The van der Waals surface area contributed by atoms with Crippen molar-refractivity contribution >= 4 is 21.7 Å². The van der Waals surface area contributed by atoms with Gasteiger partial charge in [-0.15, -0.1) is 0 Å². The fourth-order valence-corrected chi connectivity index (χ4v) is 6.70. The topological polar surface area (TPSA) is 87.2 Å². The molecule has 1 amide bonds. The van der Waals surface area contributed by atoms with Gasteiger partial charge in [0.2, 0.25) is 10.0 Å². The number of ketones is 1. The highest BCUT2D eigenvalue weighted by atomic mass is 32.2. The third-order valence-corrected chi connectivity index (χ3v) is 9.69. The van der Waals surface area contributed by atoms with E-state index >= 15 is 0 Å². The van der Waals surface area contributed by atoms with Gasteiger partial charge in [-0.3, -0.25) is 9.59 Å². The van der Waals surface area contributed by atoms with E-state index in [1.54, 1.807) is 39.2 Å². The lowest BCUT2D eigenvalue weighted by atomic mass is 9.98. The SMILES string of the molecule is COc1cc(C)c(S(=O)(=O)N(C)CCC(=O)Cc2ccc(C(=O)N(C)C3CCN(C)CC3)c(C)c2)c(C)c1. The van der Waals surface area contributed by atoms with E-state index in [0.717, 1.165) is 37.1 Å². The number of carbonyl (C=O) groups is 2. The zero-order valence-corrected chi connectivity index (χ0v) is 24.5. The van der Waals surface area contributed by atoms with Crippen LogP contribution in [-0.2, 0) is 21.2 Å². The summed E-state index contributed by atoms with van der Waals surface area (Å²) in [7, 11) is 3.25. The summed E-state index contributed by atoms with van der Waals surface area (Å²) in [6, 6.07) is 9.14. The summed E-state index contributed by atoms with van der Waals surface area (Å²) in [5.41, 5.74) is 3.51. The maximum atomic E-state index is 13.2. The Bertz CT molecular complexity index is 1260. The molecule has 9 heteroatoms. The highest BCUT2D eigenvalue weighted by Gasteiger charge is 2.27. The quantitative estimate of drug-likeness (QED) is 0.455. The lowest BCUT2D eigenvalue weighted by Crippen LogP contribution is -2.44. The van der Waals surface area contributed by atoms with Crippen LogP contribution in [0, 0.1) is 20.8 Å². The second-order valence-corrected chi connectivity index (χ2v) is 12.5. The van der Waals surface area contributed by atoms with Gasteiger partial charge in [0.1, 0.15) is 11.5 Å². The van der Waals surface area contributed by atoms with Crippen LogP contribution < -0.4 is 4.74 Å². The molecular formula is C29H41N3O5S. The average Bonchev–Trinajstić information content (AvgIpc) is 2.86. The van der Waals surface area contributed by atoms with Crippen molar-refractivity contribution in [2.75, 3.05) is 47.9 Å². The predicted molar refractivity (Wildman–Crippen MR) is 149 cm³/mol. The molecule has 8 nitrogen and oxygen atoms in total. The fraction of sp³-hybridized carbons (Fsp3) is 0.517. The van der Waals surface area contributed by atoms with Gasteiger partial charge in [0.25, 0.3) is 5.91 Å². The number of ether oxygens (including phenoxy) is 1. The third-order valence-electron chi connectivity index (χ3n) is 7.52. The lowest BCUT2D eigenvalue weighted by Gasteiger charge is -2.35. The number of rotatable bonds is 10. The summed E-state index contributed by atoms with van der Waals surface area (Å²) in [4.78, 5) is 30.3. The largest absolute Gasteiger partial charge is 0.497 e. The summed E-state index contributed by atoms with van der Waals surface area (Å²) in [5, 5.41) is 0. The number of likely N-dealkylation sites (tertiary alicyclic amines) is 1. The molecule has 0 radical (unpaired) electrons. The minimum Gasteiger partial charge on any atom is -0.497 e. The average molecular weight is 544 g/mol. The molecule has 208 valence electrons. The van der Waals surface area contributed by atoms with Gasteiger partial charge in [0.05, 0.1) is 12.0 Å². The molecule has 0 saturated carbocycles. The normalized spacial score (nSPS) is 15.1. The predicted octanol–water partition coefficient (Wildman–Crippen LogP) is 3.61. The first-order valence-electron chi connectivity index (χ1n) is 13.0. The second kappa shape index (κ2) is 12.4. The van der Waals surface area contributed by atoms with E-state index in [-0.39, 0.29) is 42.0 Å². The number of benzene rings is 2. The first kappa shape index (κ1) is 29.8. The first-order chi connectivity index (χ1) is 17.8. The van der Waals surface area contributed by atoms with Crippen LogP contribution in [0.3, 0.4) is 0 Å². The highest BCUT2D eigenvalue weighted by molar-refractivity contribution is 7.89. The monoisotopic (exact) mass is 543 g/mol. The number of nitrogens with zero attached hydrogens (tertiary/aromatic N) is 3. The van der Waals surface area contributed by atoms with E-state index < -0.39 is 10.0 Å². The first-order valence-corrected chi connectivity index (χ1v) is 14.5. The molecular weight excluding hydrogens is 502 g/mol. The number of Topliss-reactive ketones (excluding diaryl/α,β-unsaturated/α-hetero) is 1. The van der Waals surface area contributed by atoms with Crippen LogP contribution in [0.5, 0.6) is 5.75 Å². The molecule has 1 aliphatic rings. The molecule has 0 bridgehead atoms. The van der Waals surface area contributed by atoms with Gasteiger partial charge in [-0.2, -0.15) is 0 Å². The summed E-state index contributed by atoms with van der Waals surface area (Å²) in [6.07, 6.45) is 2.22. The Morgan fingerprint density at radius 1 is 1.00 bits per heavy atom. The highest BCUT2D eigenvalue weighted by Crippen LogP contribution is 2.28. The number of aryl methyl sites for hydroxylation is 3. The standard InChI is InChI=1S/C29H41N3O5S/c1-20-16-23(8-9-27(20)29(34)32(6)24-10-13-30(4)14-11-24)19-25(33)12-15-31(5)38(35,36)28-21(2)17-26(37-7)18-22(28)3/h8-9,16-18,24H,10-15,19H2,1-7H3. The van der Waals surface area contributed by atoms with Crippen LogP contribution in [0.4, 0.5) is 0 Å². The number of sulfonamides is 1. The van der Waals surface area contributed by atoms with Crippen molar-refractivity contribution in [3.63, 3.8) is 0 Å². The van der Waals surface area contributed by atoms with Crippen molar-refractivity contribution in [1.29, 1.82) is 0 Å². The molecule has 0 aliphatic carbocycles. The number of hydrogen-bond acceptors (Lipinski definition) is 6. The number of piperidine rings is 1. The molecule has 1 aliphatic heterocycles. The summed E-state index contributed by atoms with van der Waals surface area (Å²) < 4.78 is 32.9. The minimum atomic E-state index is -3.76. The van der Waals surface area contributed by atoms with Crippen LogP contribution in [0.15, 0.2) is 35.2 Å². The van der Waals surface area contributed by atoms with Crippen molar-refractivity contribution in [1.82, 2.24) is 14.1 Å². The van der Waals surface area contributed by atoms with Gasteiger partial charge in [-0.25, -0.2) is 12.7 Å². The Balaban J connectivity index is 1.60. The molecule has 0 unspecified atom stereocenters. The van der Waals surface area contributed by atoms with Crippen molar-refractivity contribution in [2.45, 2.75) is 57.4 Å². The van der Waals surface area contributed by atoms with E-state index in [1.807, 2.05) is 31.0 Å². The van der Waals surface area contributed by atoms with Crippen molar-refractivity contribution in [3.8, 4) is 5.75 Å². The molecule has 38 heavy (non-hydrogen) atoms. The Morgan fingerprint density at radius 2 is 1.61 bits per heavy atom. The number of amides is 1. The van der Waals surface area contributed by atoms with Gasteiger partial charge < -0.3 is 14.5 Å². The van der Waals surface area contributed by atoms with Gasteiger partial charge in [0.15, 0.2) is 0 Å². The Labute approximate surface area is 227 Å². The molecule has 1 fully saturated rings. The van der Waals surface area contributed by atoms with Crippen molar-refractivity contribution < 1.29 is 22.7 Å². The molecule has 3 rings (SSSR count). The fourth-order valence-electron chi connectivity index (χ4n) is 5.12. The molecule has 1 saturated heterocycles. The van der Waals surface area contributed by atoms with Gasteiger partial charge in [-0.1, -0.05) is 12.1 Å². The third kappa shape index (κ3) is 6.81. The van der Waals surface area contributed by atoms with Gasteiger partial charge >= 0.3 is 0 Å². The van der Waals surface area contributed by atoms with E-state index in [0.29, 0.717) is 22.4 Å². The maximum absolute atomic E-state index is 13.2. The van der Waals surface area contributed by atoms with E-state index in [4.69, 9.17) is 4.74 Å². The van der Waals surface area contributed by atoms with E-state index in [1.165, 1.54) is 11.4 Å². The smallest absolute Gasteiger partial charge is 0.254 e. The van der Waals surface area contributed by atoms with Crippen LogP contribution in [0.2, 0.25) is 0 Å². The van der Waals surface area contributed by atoms with Gasteiger partial charge in [0, 0.05) is 45.1 Å². The summed E-state index contributed by atoms with van der Waals surface area (Å²) in [5.74, 6) is 0.552. The van der Waals surface area contributed by atoms with Crippen LogP contribution >= 0.6 is 0 Å². The molecule has 0 N–H and O–H groups in total. The van der Waals surface area contributed by atoms with E-state index in [9.17, 15) is 18.0 Å². The van der Waals surface area contributed by atoms with E-state index in [2.05, 4.69) is 11.9 Å². The zero-order chi connectivity index (χ0) is 28.2. The van der Waals surface area contributed by atoms with Crippen molar-refractivity contribution in [2.24, 2.45) is 0 Å². The second-order valence-electron chi connectivity index (χ2n) is 10.5. The zero-order valence-electron chi connectivity index (χ0n) is 23.7. The number of methoxy groups -OCH3 is 1. The molecule has 0 atom stereocenters. The van der Waals surface area contributed by atoms with Crippen molar-refractivity contribution in [3.05, 3.63) is 58.1 Å². The number of carbonyl (C=O) groups excluding carboxylic acids is 2.